The maximum Gasteiger partial charge on any atom is 0.167 e. The predicted octanol–water partition coefficient (Wildman–Crippen LogP) is 2.81. The second-order valence-corrected chi connectivity index (χ2v) is 4.24. The van der Waals surface area contributed by atoms with Crippen molar-refractivity contribution in [3.8, 4) is 5.75 Å². The minimum absolute atomic E-state index is 0.274. The van der Waals surface area contributed by atoms with Gasteiger partial charge in [0.15, 0.2) is 11.6 Å². The van der Waals surface area contributed by atoms with Crippen LogP contribution in [0.2, 0.25) is 0 Å². The van der Waals surface area contributed by atoms with Gasteiger partial charge in [-0.25, -0.2) is 4.39 Å². The zero-order valence-electron chi connectivity index (χ0n) is 10.2. The van der Waals surface area contributed by atoms with Crippen LogP contribution in [0.25, 0.3) is 0 Å². The van der Waals surface area contributed by atoms with Gasteiger partial charge in [0.05, 0.1) is 13.2 Å². The summed E-state index contributed by atoms with van der Waals surface area (Å²) in [6.45, 7) is 2.76. The second-order valence-electron chi connectivity index (χ2n) is 4.24. The monoisotopic (exact) mass is 239 g/mol. The molecule has 1 aliphatic carbocycles. The van der Waals surface area contributed by atoms with E-state index in [0.29, 0.717) is 12.1 Å². The lowest BCUT2D eigenvalue weighted by Crippen LogP contribution is -2.40. The standard InChI is InChI=1S/C13H18FNO2/c1-3-17-11-6-10(7-11)15-9-4-5-13(16-2)12(14)8-9/h4-5,8,10-11,15H,3,6-7H2,1-2H3. The van der Waals surface area contributed by atoms with Crippen LogP contribution in [-0.2, 0) is 4.74 Å². The average Bonchev–Trinajstić information content (AvgIpc) is 2.26. The summed E-state index contributed by atoms with van der Waals surface area (Å²) in [5, 5.41) is 3.28. The summed E-state index contributed by atoms with van der Waals surface area (Å²) in [6, 6.07) is 5.32. The number of nitrogens with one attached hydrogen (secondary N) is 1. The minimum Gasteiger partial charge on any atom is -0.494 e. The van der Waals surface area contributed by atoms with Gasteiger partial charge in [0.1, 0.15) is 0 Å². The van der Waals surface area contributed by atoms with Crippen molar-refractivity contribution in [3.05, 3.63) is 24.0 Å². The number of methoxy groups -OCH3 is 1. The summed E-state index contributed by atoms with van der Waals surface area (Å²) < 4.78 is 23.8. The van der Waals surface area contributed by atoms with E-state index >= 15 is 0 Å². The van der Waals surface area contributed by atoms with E-state index in [1.54, 1.807) is 6.07 Å². The number of halogens is 1. The van der Waals surface area contributed by atoms with Crippen LogP contribution in [0.3, 0.4) is 0 Å². The highest BCUT2D eigenvalue weighted by atomic mass is 19.1. The molecule has 0 atom stereocenters. The molecule has 1 fully saturated rings. The fourth-order valence-electron chi connectivity index (χ4n) is 2.05. The van der Waals surface area contributed by atoms with Crippen molar-refractivity contribution >= 4 is 5.69 Å². The normalized spacial score (nSPS) is 23.0. The quantitative estimate of drug-likeness (QED) is 0.857. The zero-order chi connectivity index (χ0) is 12.3. The van der Waals surface area contributed by atoms with E-state index in [1.807, 2.05) is 13.0 Å². The molecule has 0 saturated heterocycles. The Balaban J connectivity index is 1.86. The van der Waals surface area contributed by atoms with Crippen LogP contribution >= 0.6 is 0 Å². The van der Waals surface area contributed by atoms with Crippen molar-refractivity contribution in [2.45, 2.75) is 31.9 Å². The molecular formula is C13H18FNO2. The molecular weight excluding hydrogens is 221 g/mol. The zero-order valence-corrected chi connectivity index (χ0v) is 10.2. The maximum absolute atomic E-state index is 13.4. The van der Waals surface area contributed by atoms with E-state index in [0.717, 1.165) is 25.1 Å². The third-order valence-electron chi connectivity index (χ3n) is 3.02. The van der Waals surface area contributed by atoms with Crippen LogP contribution in [0.1, 0.15) is 19.8 Å². The highest BCUT2D eigenvalue weighted by Crippen LogP contribution is 2.28. The maximum atomic E-state index is 13.4. The number of anilines is 1. The number of hydrogen-bond donors (Lipinski definition) is 1. The molecule has 0 unspecified atom stereocenters. The first kappa shape index (κ1) is 12.2. The van der Waals surface area contributed by atoms with Crippen molar-refractivity contribution in [2.24, 2.45) is 0 Å². The van der Waals surface area contributed by atoms with E-state index in [4.69, 9.17) is 9.47 Å². The molecule has 0 heterocycles. The van der Waals surface area contributed by atoms with Crippen molar-refractivity contribution in [1.82, 2.24) is 0 Å². The van der Waals surface area contributed by atoms with Gasteiger partial charge in [-0.1, -0.05) is 0 Å². The Kier molecular flexibility index (Phi) is 3.84. The van der Waals surface area contributed by atoms with Crippen LogP contribution in [0.15, 0.2) is 18.2 Å². The first-order chi connectivity index (χ1) is 8.22. The van der Waals surface area contributed by atoms with Gasteiger partial charge in [0.25, 0.3) is 0 Å². The van der Waals surface area contributed by atoms with Gasteiger partial charge in [-0.05, 0) is 31.9 Å². The minimum atomic E-state index is -0.335. The van der Waals surface area contributed by atoms with Gasteiger partial charge < -0.3 is 14.8 Å². The second kappa shape index (κ2) is 5.36. The molecule has 1 aromatic rings. The molecule has 94 valence electrons. The predicted molar refractivity (Wildman–Crippen MR) is 65.0 cm³/mol. The Hall–Kier alpha value is -1.29. The van der Waals surface area contributed by atoms with E-state index < -0.39 is 0 Å². The summed E-state index contributed by atoms with van der Waals surface area (Å²) in [5.74, 6) is -0.0606. The molecule has 0 bridgehead atoms. The fraction of sp³-hybridized carbons (Fsp3) is 0.538. The van der Waals surface area contributed by atoms with E-state index in [9.17, 15) is 4.39 Å². The van der Waals surface area contributed by atoms with E-state index in [2.05, 4.69) is 5.32 Å². The Morgan fingerprint density at radius 3 is 2.76 bits per heavy atom. The Morgan fingerprint density at radius 1 is 1.41 bits per heavy atom. The summed E-state index contributed by atoms with van der Waals surface area (Å²) in [4.78, 5) is 0. The summed E-state index contributed by atoms with van der Waals surface area (Å²) in [5.41, 5.74) is 0.795. The molecule has 0 aliphatic heterocycles. The number of hydrogen-bond acceptors (Lipinski definition) is 3. The highest BCUT2D eigenvalue weighted by molar-refractivity contribution is 5.48. The Bertz CT molecular complexity index is 378. The van der Waals surface area contributed by atoms with E-state index in [-0.39, 0.29) is 11.6 Å². The third-order valence-corrected chi connectivity index (χ3v) is 3.02. The lowest BCUT2D eigenvalue weighted by atomic mass is 9.89. The number of benzene rings is 1. The smallest absolute Gasteiger partial charge is 0.167 e. The Labute approximate surface area is 101 Å². The molecule has 0 amide bonds. The topological polar surface area (TPSA) is 30.5 Å². The first-order valence-electron chi connectivity index (χ1n) is 5.94. The van der Waals surface area contributed by atoms with E-state index in [1.165, 1.54) is 13.2 Å². The van der Waals surface area contributed by atoms with Crippen LogP contribution in [-0.4, -0.2) is 25.9 Å². The largest absolute Gasteiger partial charge is 0.494 e. The summed E-state index contributed by atoms with van der Waals surface area (Å²) in [6.07, 6.45) is 2.34. The van der Waals surface area contributed by atoms with Crippen LogP contribution < -0.4 is 10.1 Å². The molecule has 0 radical (unpaired) electrons. The molecule has 1 aliphatic rings. The molecule has 0 aromatic heterocycles. The Morgan fingerprint density at radius 2 is 2.18 bits per heavy atom. The van der Waals surface area contributed by atoms with Crippen LogP contribution in [0.5, 0.6) is 5.75 Å². The van der Waals surface area contributed by atoms with Crippen LogP contribution in [0.4, 0.5) is 10.1 Å². The van der Waals surface area contributed by atoms with Gasteiger partial charge in [-0.2, -0.15) is 0 Å². The third kappa shape index (κ3) is 2.88. The summed E-state index contributed by atoms with van der Waals surface area (Å²) in [7, 11) is 1.46. The number of ether oxygens (including phenoxy) is 2. The molecule has 3 nitrogen and oxygen atoms in total. The van der Waals surface area contributed by atoms with Crippen LogP contribution in [0, 0.1) is 5.82 Å². The van der Waals surface area contributed by atoms with Crippen molar-refractivity contribution in [2.75, 3.05) is 19.0 Å². The lowest BCUT2D eigenvalue weighted by Gasteiger charge is -2.36. The van der Waals surface area contributed by atoms with Crippen molar-refractivity contribution < 1.29 is 13.9 Å². The van der Waals surface area contributed by atoms with Gasteiger partial charge in [0.2, 0.25) is 0 Å². The molecule has 1 saturated carbocycles. The molecule has 1 N–H and O–H groups in total. The first-order valence-corrected chi connectivity index (χ1v) is 5.94. The van der Waals surface area contributed by atoms with Gasteiger partial charge in [-0.3, -0.25) is 0 Å². The van der Waals surface area contributed by atoms with Gasteiger partial charge in [0, 0.05) is 24.4 Å². The summed E-state index contributed by atoms with van der Waals surface area (Å²) >= 11 is 0. The number of rotatable bonds is 5. The van der Waals surface area contributed by atoms with Crippen molar-refractivity contribution in [1.29, 1.82) is 0 Å². The molecule has 17 heavy (non-hydrogen) atoms. The SMILES string of the molecule is CCOC1CC(Nc2ccc(OC)c(F)c2)C1. The van der Waals surface area contributed by atoms with Gasteiger partial charge in [-0.15, -0.1) is 0 Å². The molecule has 1 aromatic carbocycles. The molecule has 2 rings (SSSR count). The molecule has 0 spiro atoms. The fourth-order valence-corrected chi connectivity index (χ4v) is 2.05. The van der Waals surface area contributed by atoms with Gasteiger partial charge >= 0.3 is 0 Å². The highest BCUT2D eigenvalue weighted by Gasteiger charge is 2.29. The average molecular weight is 239 g/mol. The van der Waals surface area contributed by atoms with Crippen molar-refractivity contribution in [3.63, 3.8) is 0 Å². The molecule has 4 heteroatoms. The lowest BCUT2D eigenvalue weighted by molar-refractivity contribution is 0.00299.